The van der Waals surface area contributed by atoms with Crippen molar-refractivity contribution in [1.82, 2.24) is 0 Å². The minimum Gasteiger partial charge on any atom is -0.495 e. The molecule has 0 aromatic heterocycles. The van der Waals surface area contributed by atoms with Crippen molar-refractivity contribution >= 4 is 11.4 Å². The van der Waals surface area contributed by atoms with Crippen LogP contribution in [0.2, 0.25) is 0 Å². The molecule has 0 aliphatic carbocycles. The molecule has 0 radical (unpaired) electrons. The minimum atomic E-state index is 0.330. The molecule has 0 bridgehead atoms. The number of anilines is 2. The molecule has 3 N–H and O–H groups in total. The van der Waals surface area contributed by atoms with Crippen molar-refractivity contribution in [2.24, 2.45) is 0 Å². The van der Waals surface area contributed by atoms with E-state index >= 15 is 0 Å². The molecular weight excluding hydrogens is 216 g/mol. The van der Waals surface area contributed by atoms with Crippen LogP contribution in [0.5, 0.6) is 5.75 Å². The molecule has 1 aliphatic rings. The number of benzene rings is 1. The molecule has 1 aliphatic heterocycles. The van der Waals surface area contributed by atoms with E-state index in [4.69, 9.17) is 15.2 Å². The molecule has 0 spiro atoms. The van der Waals surface area contributed by atoms with Crippen LogP contribution >= 0.6 is 0 Å². The summed E-state index contributed by atoms with van der Waals surface area (Å²) in [6, 6.07) is 6.25. The maximum atomic E-state index is 5.78. The zero-order valence-electron chi connectivity index (χ0n) is 10.4. The molecule has 2 atom stereocenters. The lowest BCUT2D eigenvalue weighted by Crippen LogP contribution is -2.32. The quantitative estimate of drug-likeness (QED) is 0.790. The summed E-state index contributed by atoms with van der Waals surface area (Å²) in [4.78, 5) is 0. The van der Waals surface area contributed by atoms with Gasteiger partial charge in [-0.2, -0.15) is 0 Å². The molecule has 94 valence electrons. The van der Waals surface area contributed by atoms with Crippen LogP contribution in [0.4, 0.5) is 11.4 Å². The molecule has 1 fully saturated rings. The maximum Gasteiger partial charge on any atom is 0.143 e. The van der Waals surface area contributed by atoms with E-state index in [-0.39, 0.29) is 0 Å². The number of hydrogen-bond acceptors (Lipinski definition) is 4. The van der Waals surface area contributed by atoms with E-state index in [1.807, 2.05) is 18.2 Å². The molecule has 1 aromatic rings. The highest BCUT2D eigenvalue weighted by molar-refractivity contribution is 5.61. The Morgan fingerprint density at radius 1 is 1.47 bits per heavy atom. The SMILES string of the molecule is COc1cc(NC2CCOC(C)C2)ccc1N. The highest BCUT2D eigenvalue weighted by atomic mass is 16.5. The van der Waals surface area contributed by atoms with Gasteiger partial charge in [0.15, 0.2) is 0 Å². The number of nitrogen functional groups attached to an aromatic ring is 1. The van der Waals surface area contributed by atoms with Crippen molar-refractivity contribution in [1.29, 1.82) is 0 Å². The lowest BCUT2D eigenvalue weighted by atomic mass is 10.0. The molecule has 1 heterocycles. The lowest BCUT2D eigenvalue weighted by Gasteiger charge is -2.28. The second kappa shape index (κ2) is 5.27. The topological polar surface area (TPSA) is 56.5 Å². The van der Waals surface area contributed by atoms with Crippen molar-refractivity contribution in [3.63, 3.8) is 0 Å². The highest BCUT2D eigenvalue weighted by Crippen LogP contribution is 2.26. The Morgan fingerprint density at radius 3 is 3.00 bits per heavy atom. The average Bonchev–Trinajstić information content (AvgIpc) is 2.32. The monoisotopic (exact) mass is 236 g/mol. The third-order valence-corrected chi connectivity index (χ3v) is 3.09. The van der Waals surface area contributed by atoms with Crippen LogP contribution < -0.4 is 15.8 Å². The van der Waals surface area contributed by atoms with E-state index < -0.39 is 0 Å². The van der Waals surface area contributed by atoms with Gasteiger partial charge in [-0.25, -0.2) is 0 Å². The van der Waals surface area contributed by atoms with Gasteiger partial charge in [0, 0.05) is 24.4 Å². The zero-order valence-corrected chi connectivity index (χ0v) is 10.4. The van der Waals surface area contributed by atoms with Crippen molar-refractivity contribution in [3.8, 4) is 5.75 Å². The van der Waals surface area contributed by atoms with Gasteiger partial charge < -0.3 is 20.5 Å². The van der Waals surface area contributed by atoms with E-state index in [9.17, 15) is 0 Å². The minimum absolute atomic E-state index is 0.330. The zero-order chi connectivity index (χ0) is 12.3. The lowest BCUT2D eigenvalue weighted by molar-refractivity contribution is 0.0232. The van der Waals surface area contributed by atoms with Gasteiger partial charge in [-0.05, 0) is 31.9 Å². The van der Waals surface area contributed by atoms with E-state index in [0.717, 1.165) is 30.9 Å². The van der Waals surface area contributed by atoms with Gasteiger partial charge in [-0.3, -0.25) is 0 Å². The summed E-state index contributed by atoms with van der Waals surface area (Å²) in [5.41, 5.74) is 7.50. The molecule has 2 unspecified atom stereocenters. The van der Waals surface area contributed by atoms with Gasteiger partial charge in [-0.1, -0.05) is 0 Å². The molecule has 4 nitrogen and oxygen atoms in total. The number of nitrogens with two attached hydrogens (primary N) is 1. The van der Waals surface area contributed by atoms with Gasteiger partial charge in [0.05, 0.1) is 18.9 Å². The summed E-state index contributed by atoms with van der Waals surface area (Å²) >= 11 is 0. The first-order valence-electron chi connectivity index (χ1n) is 6.00. The molecule has 4 heteroatoms. The molecule has 1 aromatic carbocycles. The van der Waals surface area contributed by atoms with Gasteiger partial charge in [0.1, 0.15) is 5.75 Å². The molecular formula is C13H20N2O2. The third-order valence-electron chi connectivity index (χ3n) is 3.09. The van der Waals surface area contributed by atoms with Crippen LogP contribution in [0.3, 0.4) is 0 Å². The first-order chi connectivity index (χ1) is 8.19. The summed E-state index contributed by atoms with van der Waals surface area (Å²) in [5.74, 6) is 0.718. The number of nitrogens with one attached hydrogen (secondary N) is 1. The maximum absolute atomic E-state index is 5.78. The number of ether oxygens (including phenoxy) is 2. The second-order valence-electron chi connectivity index (χ2n) is 4.50. The average molecular weight is 236 g/mol. The van der Waals surface area contributed by atoms with Crippen molar-refractivity contribution < 1.29 is 9.47 Å². The fourth-order valence-corrected chi connectivity index (χ4v) is 2.17. The predicted molar refractivity (Wildman–Crippen MR) is 69.5 cm³/mol. The standard InChI is InChI=1S/C13H20N2O2/c1-9-7-11(5-6-17-9)15-10-3-4-12(14)13(8-10)16-2/h3-4,8-9,11,15H,5-7,14H2,1-2H3. The fourth-order valence-electron chi connectivity index (χ4n) is 2.17. The van der Waals surface area contributed by atoms with Gasteiger partial charge in [0.25, 0.3) is 0 Å². The largest absolute Gasteiger partial charge is 0.495 e. The Bertz CT molecular complexity index is 382. The summed E-state index contributed by atoms with van der Waals surface area (Å²) in [6.07, 6.45) is 2.40. The van der Waals surface area contributed by atoms with E-state index in [0.29, 0.717) is 17.8 Å². The van der Waals surface area contributed by atoms with Crippen molar-refractivity contribution in [2.75, 3.05) is 24.8 Å². The van der Waals surface area contributed by atoms with Crippen LogP contribution in [0.1, 0.15) is 19.8 Å². The van der Waals surface area contributed by atoms with E-state index in [1.165, 1.54) is 0 Å². The fraction of sp³-hybridized carbons (Fsp3) is 0.538. The Kier molecular flexibility index (Phi) is 3.74. The smallest absolute Gasteiger partial charge is 0.143 e. The Labute approximate surface area is 102 Å². The first-order valence-corrected chi connectivity index (χ1v) is 6.00. The molecule has 17 heavy (non-hydrogen) atoms. The highest BCUT2D eigenvalue weighted by Gasteiger charge is 2.19. The Hall–Kier alpha value is -1.42. The summed E-state index contributed by atoms with van der Waals surface area (Å²) in [7, 11) is 1.63. The van der Waals surface area contributed by atoms with Crippen molar-refractivity contribution in [3.05, 3.63) is 18.2 Å². The molecule has 1 saturated heterocycles. The summed E-state index contributed by atoms with van der Waals surface area (Å²) < 4.78 is 10.7. The van der Waals surface area contributed by atoms with Crippen LogP contribution in [0, 0.1) is 0 Å². The van der Waals surface area contributed by atoms with E-state index in [1.54, 1.807) is 7.11 Å². The summed E-state index contributed by atoms with van der Waals surface area (Å²) in [5, 5.41) is 3.50. The van der Waals surface area contributed by atoms with Crippen molar-refractivity contribution in [2.45, 2.75) is 31.9 Å². The number of methoxy groups -OCH3 is 1. The molecule has 0 amide bonds. The third kappa shape index (κ3) is 3.03. The Balaban J connectivity index is 2.02. The van der Waals surface area contributed by atoms with Crippen LogP contribution in [0.25, 0.3) is 0 Å². The van der Waals surface area contributed by atoms with Gasteiger partial charge >= 0.3 is 0 Å². The second-order valence-corrected chi connectivity index (χ2v) is 4.50. The number of hydrogen-bond donors (Lipinski definition) is 2. The molecule has 2 rings (SSSR count). The summed E-state index contributed by atoms with van der Waals surface area (Å²) in [6.45, 7) is 2.93. The predicted octanol–water partition coefficient (Wildman–Crippen LogP) is 2.26. The van der Waals surface area contributed by atoms with Crippen LogP contribution in [-0.4, -0.2) is 25.9 Å². The van der Waals surface area contributed by atoms with Gasteiger partial charge in [-0.15, -0.1) is 0 Å². The Morgan fingerprint density at radius 2 is 2.29 bits per heavy atom. The van der Waals surface area contributed by atoms with Crippen LogP contribution in [-0.2, 0) is 4.74 Å². The van der Waals surface area contributed by atoms with E-state index in [2.05, 4.69) is 12.2 Å². The van der Waals surface area contributed by atoms with Gasteiger partial charge in [0.2, 0.25) is 0 Å². The van der Waals surface area contributed by atoms with Crippen LogP contribution in [0.15, 0.2) is 18.2 Å². The first kappa shape index (κ1) is 12.0. The normalized spacial score (nSPS) is 24.4. The number of rotatable bonds is 3. The molecule has 0 saturated carbocycles.